The molecule has 0 aliphatic heterocycles. The van der Waals surface area contributed by atoms with Crippen molar-refractivity contribution in [2.75, 3.05) is 6.61 Å². The lowest BCUT2D eigenvalue weighted by molar-refractivity contribution is 0.237. The average molecular weight is 169 g/mol. The largest absolute Gasteiger partial charge is 0.396 e. The van der Waals surface area contributed by atoms with E-state index in [1.165, 1.54) is 12.3 Å². The van der Waals surface area contributed by atoms with Gasteiger partial charge in [-0.05, 0) is 24.0 Å². The van der Waals surface area contributed by atoms with Crippen molar-refractivity contribution >= 4 is 0 Å². The Balaban J connectivity index is 2.63. The molecule has 1 aromatic rings. The second kappa shape index (κ2) is 4.16. The molecule has 0 amide bonds. The summed E-state index contributed by atoms with van der Waals surface area (Å²) in [7, 11) is 0. The monoisotopic (exact) mass is 169 g/mol. The van der Waals surface area contributed by atoms with E-state index in [4.69, 9.17) is 5.11 Å². The fourth-order valence-electron chi connectivity index (χ4n) is 1.03. The van der Waals surface area contributed by atoms with Crippen LogP contribution >= 0.6 is 0 Å². The smallest absolute Gasteiger partial charge is 0.141 e. The van der Waals surface area contributed by atoms with E-state index in [1.54, 1.807) is 6.20 Å². The molecule has 12 heavy (non-hydrogen) atoms. The molecule has 1 N–H and O–H groups in total. The first-order chi connectivity index (χ1) is 5.72. The van der Waals surface area contributed by atoms with Gasteiger partial charge in [0.2, 0.25) is 0 Å². The minimum absolute atomic E-state index is 0.122. The summed E-state index contributed by atoms with van der Waals surface area (Å²) in [6, 6.07) is 1.44. The molecule has 1 aromatic heterocycles. The molecule has 0 aromatic carbocycles. The average Bonchev–Trinajstić information content (AvgIpc) is 2.04. The molecule has 0 aliphatic carbocycles. The minimum atomic E-state index is -0.322. The highest BCUT2D eigenvalue weighted by Gasteiger charge is 2.02. The van der Waals surface area contributed by atoms with Crippen LogP contribution in [0.15, 0.2) is 18.5 Å². The van der Waals surface area contributed by atoms with Crippen LogP contribution < -0.4 is 0 Å². The highest BCUT2D eigenvalue weighted by Crippen LogP contribution is 2.07. The predicted octanol–water partition coefficient (Wildman–Crippen LogP) is 1.39. The molecule has 1 atom stereocenters. The number of hydrogen-bond donors (Lipinski definition) is 1. The van der Waals surface area contributed by atoms with Gasteiger partial charge >= 0.3 is 0 Å². The first-order valence-corrected chi connectivity index (χ1v) is 3.92. The number of aliphatic hydroxyl groups excluding tert-OH is 1. The number of hydrogen-bond acceptors (Lipinski definition) is 2. The van der Waals surface area contributed by atoms with Crippen molar-refractivity contribution in [3.63, 3.8) is 0 Å². The van der Waals surface area contributed by atoms with Gasteiger partial charge in [0.25, 0.3) is 0 Å². The van der Waals surface area contributed by atoms with E-state index in [0.717, 1.165) is 5.56 Å². The van der Waals surface area contributed by atoms with Crippen molar-refractivity contribution in [3.05, 3.63) is 29.8 Å². The molecule has 0 saturated heterocycles. The number of nitrogens with zero attached hydrogens (tertiary/aromatic N) is 1. The van der Waals surface area contributed by atoms with E-state index in [2.05, 4.69) is 4.98 Å². The van der Waals surface area contributed by atoms with Crippen LogP contribution in [0.1, 0.15) is 12.5 Å². The number of pyridine rings is 1. The second-order valence-electron chi connectivity index (χ2n) is 3.00. The van der Waals surface area contributed by atoms with Crippen molar-refractivity contribution in [2.45, 2.75) is 13.3 Å². The summed E-state index contributed by atoms with van der Waals surface area (Å²) in [6.45, 7) is 2.03. The molecule has 1 rings (SSSR count). The maximum absolute atomic E-state index is 12.6. The van der Waals surface area contributed by atoms with Gasteiger partial charge in [0, 0.05) is 12.8 Å². The molecule has 1 unspecified atom stereocenters. The summed E-state index contributed by atoms with van der Waals surface area (Å²) < 4.78 is 12.6. The lowest BCUT2D eigenvalue weighted by Crippen LogP contribution is -2.04. The van der Waals surface area contributed by atoms with E-state index in [9.17, 15) is 4.39 Å². The molecule has 1 heterocycles. The van der Waals surface area contributed by atoms with Gasteiger partial charge in [-0.15, -0.1) is 0 Å². The fraction of sp³-hybridized carbons (Fsp3) is 0.444. The summed E-state index contributed by atoms with van der Waals surface area (Å²) >= 11 is 0. The molecular formula is C9H12FNO. The van der Waals surface area contributed by atoms with Crippen molar-refractivity contribution in [1.82, 2.24) is 4.98 Å². The Morgan fingerprint density at radius 1 is 1.58 bits per heavy atom. The van der Waals surface area contributed by atoms with Crippen molar-refractivity contribution in [3.8, 4) is 0 Å². The van der Waals surface area contributed by atoms with Gasteiger partial charge < -0.3 is 5.11 Å². The third-order valence-corrected chi connectivity index (χ3v) is 1.66. The summed E-state index contributed by atoms with van der Waals surface area (Å²) in [6.07, 6.45) is 3.46. The molecule has 3 heteroatoms. The Bertz CT molecular complexity index is 252. The Hall–Kier alpha value is -0.960. The van der Waals surface area contributed by atoms with Crippen LogP contribution in [0, 0.1) is 11.7 Å². The topological polar surface area (TPSA) is 33.1 Å². The first kappa shape index (κ1) is 9.13. The molecule has 0 aliphatic rings. The number of rotatable bonds is 3. The lowest BCUT2D eigenvalue weighted by Gasteiger charge is -2.06. The summed E-state index contributed by atoms with van der Waals surface area (Å²) in [5, 5.41) is 8.75. The third kappa shape index (κ3) is 2.58. The van der Waals surface area contributed by atoms with E-state index in [1.807, 2.05) is 6.92 Å². The number of aliphatic hydroxyl groups is 1. The van der Waals surface area contributed by atoms with Crippen LogP contribution in [0.3, 0.4) is 0 Å². The van der Waals surface area contributed by atoms with Crippen LogP contribution in [-0.4, -0.2) is 16.7 Å². The molecule has 2 nitrogen and oxygen atoms in total. The molecule has 0 saturated carbocycles. The van der Waals surface area contributed by atoms with Crippen molar-refractivity contribution < 1.29 is 9.50 Å². The van der Waals surface area contributed by atoms with Crippen LogP contribution in [0.5, 0.6) is 0 Å². The fourth-order valence-corrected chi connectivity index (χ4v) is 1.03. The molecular weight excluding hydrogens is 157 g/mol. The van der Waals surface area contributed by atoms with E-state index in [0.29, 0.717) is 6.42 Å². The molecule has 0 radical (unpaired) electrons. The lowest BCUT2D eigenvalue weighted by atomic mass is 10.0. The SMILES string of the molecule is CC(CO)Cc1cncc(F)c1. The quantitative estimate of drug-likeness (QED) is 0.741. The maximum atomic E-state index is 12.6. The Morgan fingerprint density at radius 3 is 2.92 bits per heavy atom. The van der Waals surface area contributed by atoms with Gasteiger partial charge in [-0.2, -0.15) is 0 Å². The van der Waals surface area contributed by atoms with Crippen LogP contribution in [0.25, 0.3) is 0 Å². The zero-order valence-corrected chi connectivity index (χ0v) is 7.00. The molecule has 0 fully saturated rings. The zero-order chi connectivity index (χ0) is 8.97. The predicted molar refractivity (Wildman–Crippen MR) is 44.1 cm³/mol. The number of halogens is 1. The van der Waals surface area contributed by atoms with Crippen LogP contribution in [-0.2, 0) is 6.42 Å². The Kier molecular flexibility index (Phi) is 3.17. The highest BCUT2D eigenvalue weighted by atomic mass is 19.1. The van der Waals surface area contributed by atoms with Crippen molar-refractivity contribution in [1.29, 1.82) is 0 Å². The normalized spacial score (nSPS) is 12.9. The first-order valence-electron chi connectivity index (χ1n) is 3.92. The van der Waals surface area contributed by atoms with E-state index >= 15 is 0 Å². The Morgan fingerprint density at radius 2 is 2.33 bits per heavy atom. The third-order valence-electron chi connectivity index (χ3n) is 1.66. The van der Waals surface area contributed by atoms with Crippen molar-refractivity contribution in [2.24, 2.45) is 5.92 Å². The minimum Gasteiger partial charge on any atom is -0.396 e. The van der Waals surface area contributed by atoms with Gasteiger partial charge in [0.05, 0.1) is 6.20 Å². The van der Waals surface area contributed by atoms with Gasteiger partial charge in [-0.3, -0.25) is 4.98 Å². The van der Waals surface area contributed by atoms with Gasteiger partial charge in [-0.25, -0.2) is 4.39 Å². The maximum Gasteiger partial charge on any atom is 0.141 e. The highest BCUT2D eigenvalue weighted by molar-refractivity contribution is 5.10. The van der Waals surface area contributed by atoms with E-state index < -0.39 is 0 Å². The summed E-state index contributed by atoms with van der Waals surface area (Å²) in [5.74, 6) is -0.161. The van der Waals surface area contributed by atoms with Gasteiger partial charge in [-0.1, -0.05) is 6.92 Å². The van der Waals surface area contributed by atoms with E-state index in [-0.39, 0.29) is 18.3 Å². The zero-order valence-electron chi connectivity index (χ0n) is 7.00. The van der Waals surface area contributed by atoms with Crippen LogP contribution in [0.4, 0.5) is 4.39 Å². The van der Waals surface area contributed by atoms with Gasteiger partial charge in [0.1, 0.15) is 5.82 Å². The second-order valence-corrected chi connectivity index (χ2v) is 3.00. The number of aromatic nitrogens is 1. The standard InChI is InChI=1S/C9H12FNO/c1-7(6-12)2-8-3-9(10)5-11-4-8/h3-5,7,12H,2,6H2,1H3. The molecule has 0 bridgehead atoms. The molecule has 0 spiro atoms. The van der Waals surface area contributed by atoms with Gasteiger partial charge in [0.15, 0.2) is 0 Å². The summed E-state index contributed by atoms with van der Waals surface area (Å²) in [4.78, 5) is 3.71. The Labute approximate surface area is 71.1 Å². The van der Waals surface area contributed by atoms with Crippen LogP contribution in [0.2, 0.25) is 0 Å². The summed E-state index contributed by atoms with van der Waals surface area (Å²) in [5.41, 5.74) is 0.830. The molecule has 66 valence electrons.